The van der Waals surface area contributed by atoms with E-state index >= 15 is 0 Å². The van der Waals surface area contributed by atoms with E-state index in [1.54, 1.807) is 0 Å². The molecule has 7 rings (SSSR count). The van der Waals surface area contributed by atoms with Gasteiger partial charge in [0, 0.05) is 16.7 Å². The standard InChI is InChI=1S/C56H62N2/c1-5-7-9-11-13-17-30-45-39-53(46(35-42(45)4)31-18-14-12-10-8-6-2)48-36-47(51-33-24-32-50-41(3)25-23-34-52(50)51)37-49(38-48)56-57-54(43-26-19-15-20-27-43)40-55(58-56)44-28-21-16-22-29-44/h15-16,19-29,32-40H,5-14,17-18,30-31H2,1-4H3. The zero-order valence-electron chi connectivity index (χ0n) is 35.5. The summed E-state index contributed by atoms with van der Waals surface area (Å²) in [5.74, 6) is 0.747. The lowest BCUT2D eigenvalue weighted by Gasteiger charge is -2.18. The highest BCUT2D eigenvalue weighted by molar-refractivity contribution is 5.99. The molecule has 2 nitrogen and oxygen atoms in total. The fraction of sp³-hybridized carbons (Fsp3) is 0.321. The van der Waals surface area contributed by atoms with E-state index in [1.165, 1.54) is 132 Å². The van der Waals surface area contributed by atoms with E-state index in [9.17, 15) is 0 Å². The third-order valence-electron chi connectivity index (χ3n) is 12.0. The molecule has 0 bridgehead atoms. The van der Waals surface area contributed by atoms with Crippen molar-refractivity contribution in [3.05, 3.63) is 156 Å². The Morgan fingerprint density at radius 1 is 0.362 bits per heavy atom. The molecule has 0 saturated carbocycles. The van der Waals surface area contributed by atoms with Crippen LogP contribution in [0.25, 0.3) is 66.9 Å². The maximum absolute atomic E-state index is 5.34. The van der Waals surface area contributed by atoms with Gasteiger partial charge in [-0.15, -0.1) is 0 Å². The van der Waals surface area contributed by atoms with E-state index < -0.39 is 0 Å². The second-order valence-electron chi connectivity index (χ2n) is 16.4. The zero-order valence-corrected chi connectivity index (χ0v) is 35.5. The van der Waals surface area contributed by atoms with Crippen LogP contribution in [0.4, 0.5) is 0 Å². The molecule has 0 radical (unpaired) electrons. The summed E-state index contributed by atoms with van der Waals surface area (Å²) in [6.07, 6.45) is 17.8. The number of hydrogen-bond donors (Lipinski definition) is 0. The predicted octanol–water partition coefficient (Wildman–Crippen LogP) is 16.4. The summed E-state index contributed by atoms with van der Waals surface area (Å²) >= 11 is 0. The van der Waals surface area contributed by atoms with E-state index in [-0.39, 0.29) is 0 Å². The molecular weight excluding hydrogens is 701 g/mol. The van der Waals surface area contributed by atoms with Crippen LogP contribution in [0, 0.1) is 13.8 Å². The van der Waals surface area contributed by atoms with Crippen LogP contribution in [0.3, 0.4) is 0 Å². The van der Waals surface area contributed by atoms with Crippen molar-refractivity contribution in [2.45, 2.75) is 118 Å². The summed E-state index contributed by atoms with van der Waals surface area (Å²) < 4.78 is 0. The molecule has 1 heterocycles. The predicted molar refractivity (Wildman–Crippen MR) is 250 cm³/mol. The average Bonchev–Trinajstić information content (AvgIpc) is 3.27. The Kier molecular flexibility index (Phi) is 14.3. The second-order valence-corrected chi connectivity index (χ2v) is 16.4. The lowest BCUT2D eigenvalue weighted by molar-refractivity contribution is 0.605. The molecule has 0 amide bonds. The van der Waals surface area contributed by atoms with Crippen LogP contribution in [0.5, 0.6) is 0 Å². The highest BCUT2D eigenvalue weighted by atomic mass is 14.9. The highest BCUT2D eigenvalue weighted by Crippen LogP contribution is 2.39. The molecule has 296 valence electrons. The van der Waals surface area contributed by atoms with Crippen molar-refractivity contribution >= 4 is 10.8 Å². The molecular formula is C56H62N2. The van der Waals surface area contributed by atoms with Gasteiger partial charge in [0.1, 0.15) is 0 Å². The molecule has 0 spiro atoms. The molecule has 6 aromatic carbocycles. The van der Waals surface area contributed by atoms with E-state index in [1.807, 2.05) is 0 Å². The summed E-state index contributed by atoms with van der Waals surface area (Å²) in [4.78, 5) is 10.7. The molecule has 0 unspecified atom stereocenters. The normalized spacial score (nSPS) is 11.4. The third-order valence-corrected chi connectivity index (χ3v) is 12.0. The average molecular weight is 763 g/mol. The SMILES string of the molecule is CCCCCCCCc1cc(-c2cc(-c3nc(-c4ccccc4)cc(-c4ccccc4)n3)cc(-c3cccc4c(C)cccc34)c2)c(CCCCCCCC)cc1C. The minimum absolute atomic E-state index is 0.747. The summed E-state index contributed by atoms with van der Waals surface area (Å²) in [7, 11) is 0. The quantitative estimate of drug-likeness (QED) is 0.0767. The maximum Gasteiger partial charge on any atom is 0.160 e. The largest absolute Gasteiger partial charge is 0.228 e. The van der Waals surface area contributed by atoms with Crippen LogP contribution >= 0.6 is 0 Å². The Bertz CT molecular complexity index is 2330. The zero-order chi connectivity index (χ0) is 40.1. The van der Waals surface area contributed by atoms with Crippen LogP contribution in [0.2, 0.25) is 0 Å². The molecule has 58 heavy (non-hydrogen) atoms. The topological polar surface area (TPSA) is 25.8 Å². The fourth-order valence-electron chi connectivity index (χ4n) is 8.63. The van der Waals surface area contributed by atoms with Crippen LogP contribution in [0.15, 0.2) is 133 Å². The van der Waals surface area contributed by atoms with Gasteiger partial charge in [0.25, 0.3) is 0 Å². The summed E-state index contributed by atoms with van der Waals surface area (Å²) in [5, 5.41) is 2.57. The first-order valence-corrected chi connectivity index (χ1v) is 22.3. The molecule has 0 saturated heterocycles. The van der Waals surface area contributed by atoms with Crippen LogP contribution in [0.1, 0.15) is 113 Å². The van der Waals surface area contributed by atoms with Crippen LogP contribution in [-0.2, 0) is 12.8 Å². The Labute approximate surface area is 348 Å². The second kappa shape index (κ2) is 20.4. The lowest BCUT2D eigenvalue weighted by Crippen LogP contribution is -2.00. The van der Waals surface area contributed by atoms with Crippen molar-refractivity contribution in [2.75, 3.05) is 0 Å². The minimum Gasteiger partial charge on any atom is -0.228 e. The Morgan fingerprint density at radius 3 is 1.50 bits per heavy atom. The number of rotatable bonds is 19. The number of aryl methyl sites for hydroxylation is 4. The maximum atomic E-state index is 5.34. The summed E-state index contributed by atoms with van der Waals surface area (Å²) in [6.45, 7) is 9.16. The Balaban J connectivity index is 1.40. The molecule has 0 fully saturated rings. The summed E-state index contributed by atoms with van der Waals surface area (Å²) in [5.41, 5.74) is 15.8. The number of hydrogen-bond acceptors (Lipinski definition) is 2. The number of benzene rings is 6. The van der Waals surface area contributed by atoms with Crippen molar-refractivity contribution in [2.24, 2.45) is 0 Å². The van der Waals surface area contributed by atoms with Crippen molar-refractivity contribution in [1.82, 2.24) is 9.97 Å². The molecule has 1 aromatic heterocycles. The Morgan fingerprint density at radius 2 is 0.879 bits per heavy atom. The van der Waals surface area contributed by atoms with Crippen LogP contribution < -0.4 is 0 Å². The van der Waals surface area contributed by atoms with E-state index in [0.29, 0.717) is 0 Å². The van der Waals surface area contributed by atoms with Gasteiger partial charge in [-0.25, -0.2) is 9.97 Å². The molecule has 0 aliphatic carbocycles. The minimum atomic E-state index is 0.747. The number of aromatic nitrogens is 2. The van der Waals surface area contributed by atoms with E-state index in [4.69, 9.17) is 9.97 Å². The van der Waals surface area contributed by atoms with Gasteiger partial charge in [-0.3, -0.25) is 0 Å². The van der Waals surface area contributed by atoms with E-state index in [0.717, 1.165) is 46.7 Å². The number of nitrogens with zero attached hydrogens (tertiary/aromatic N) is 2. The molecule has 2 heteroatoms. The van der Waals surface area contributed by atoms with Crippen LogP contribution in [-0.4, -0.2) is 9.97 Å². The van der Waals surface area contributed by atoms with Gasteiger partial charge >= 0.3 is 0 Å². The lowest BCUT2D eigenvalue weighted by atomic mass is 9.87. The van der Waals surface area contributed by atoms with Gasteiger partial charge in [-0.2, -0.15) is 0 Å². The van der Waals surface area contributed by atoms with E-state index in [2.05, 4.69) is 161 Å². The van der Waals surface area contributed by atoms with Gasteiger partial charge < -0.3 is 0 Å². The van der Waals surface area contributed by atoms with Gasteiger partial charge in [-0.05, 0) is 119 Å². The first-order valence-electron chi connectivity index (χ1n) is 22.3. The number of unbranched alkanes of at least 4 members (excludes halogenated alkanes) is 10. The van der Waals surface area contributed by atoms with Crippen molar-refractivity contribution < 1.29 is 0 Å². The first-order chi connectivity index (χ1) is 28.5. The first kappa shape index (κ1) is 40.8. The fourth-order valence-corrected chi connectivity index (χ4v) is 8.63. The third kappa shape index (κ3) is 10.2. The molecule has 0 N–H and O–H groups in total. The van der Waals surface area contributed by atoms with Gasteiger partial charge in [-0.1, -0.05) is 187 Å². The molecule has 0 aliphatic heterocycles. The van der Waals surface area contributed by atoms with Gasteiger partial charge in [0.2, 0.25) is 0 Å². The monoisotopic (exact) mass is 762 g/mol. The van der Waals surface area contributed by atoms with Crippen molar-refractivity contribution in [3.8, 4) is 56.2 Å². The highest BCUT2D eigenvalue weighted by Gasteiger charge is 2.17. The summed E-state index contributed by atoms with van der Waals surface area (Å²) in [6, 6.07) is 48.9. The Hall–Kier alpha value is -5.34. The molecule has 0 aliphatic rings. The van der Waals surface area contributed by atoms with Gasteiger partial charge in [0.15, 0.2) is 5.82 Å². The van der Waals surface area contributed by atoms with Crippen molar-refractivity contribution in [1.29, 1.82) is 0 Å². The molecule has 7 aromatic rings. The smallest absolute Gasteiger partial charge is 0.160 e. The van der Waals surface area contributed by atoms with Crippen molar-refractivity contribution in [3.63, 3.8) is 0 Å². The van der Waals surface area contributed by atoms with Gasteiger partial charge in [0.05, 0.1) is 11.4 Å². The molecule has 0 atom stereocenters. The number of fused-ring (bicyclic) bond motifs is 1.